The molecule has 106 valence electrons. The normalized spacial score (nSPS) is 23.1. The number of hydrogen-bond donors (Lipinski definition) is 0. The first-order chi connectivity index (χ1) is 9.63. The lowest BCUT2D eigenvalue weighted by molar-refractivity contribution is -0.135. The van der Waals surface area contributed by atoms with Crippen molar-refractivity contribution in [3.63, 3.8) is 0 Å². The Morgan fingerprint density at radius 3 is 2.75 bits per heavy atom. The summed E-state index contributed by atoms with van der Waals surface area (Å²) in [7, 11) is 1.77. The van der Waals surface area contributed by atoms with Gasteiger partial charge in [0.15, 0.2) is 0 Å². The van der Waals surface area contributed by atoms with Crippen LogP contribution in [0, 0.1) is 17.2 Å². The van der Waals surface area contributed by atoms with Gasteiger partial charge in [0.25, 0.3) is 0 Å². The predicted octanol–water partition coefficient (Wildman–Crippen LogP) is 2.00. The van der Waals surface area contributed by atoms with Gasteiger partial charge in [0.1, 0.15) is 5.92 Å². The van der Waals surface area contributed by atoms with Gasteiger partial charge in [-0.05, 0) is 25.3 Å². The molecule has 0 spiro atoms. The van der Waals surface area contributed by atoms with Gasteiger partial charge in [0.2, 0.25) is 5.91 Å². The second kappa shape index (κ2) is 6.53. The number of likely N-dealkylation sites (N-methyl/N-ethyl adjacent to an activating group) is 1. The first-order valence-corrected chi connectivity index (χ1v) is 6.95. The third kappa shape index (κ3) is 3.17. The molecule has 1 fully saturated rings. The maximum Gasteiger partial charge on any atom is 0.240 e. The van der Waals surface area contributed by atoms with Crippen LogP contribution in [-0.2, 0) is 16.0 Å². The van der Waals surface area contributed by atoms with Crippen molar-refractivity contribution in [2.24, 2.45) is 5.92 Å². The minimum absolute atomic E-state index is 0.0417. The Morgan fingerprint density at radius 1 is 1.50 bits per heavy atom. The molecule has 1 aromatic carbocycles. The molecule has 1 amide bonds. The fourth-order valence-electron chi connectivity index (χ4n) is 2.68. The molecule has 0 bridgehead atoms. The van der Waals surface area contributed by atoms with Crippen molar-refractivity contribution < 1.29 is 9.53 Å². The molecule has 1 saturated heterocycles. The third-order valence-electron chi connectivity index (χ3n) is 3.92. The number of carbonyl (C=O) groups excluding carboxylic acids is 1. The van der Waals surface area contributed by atoms with E-state index in [9.17, 15) is 10.1 Å². The number of rotatable bonds is 4. The van der Waals surface area contributed by atoms with E-state index in [-0.39, 0.29) is 18.1 Å². The fraction of sp³-hybridized carbons (Fsp3) is 0.500. The zero-order valence-electron chi connectivity index (χ0n) is 12.0. The largest absolute Gasteiger partial charge is 0.376 e. The minimum Gasteiger partial charge on any atom is -0.376 e. The lowest BCUT2D eigenvalue weighted by Crippen LogP contribution is -2.44. The molecule has 0 N–H and O–H groups in total. The Hall–Kier alpha value is -1.86. The molecule has 20 heavy (non-hydrogen) atoms. The summed E-state index contributed by atoms with van der Waals surface area (Å²) in [5.41, 5.74) is 1.01. The van der Waals surface area contributed by atoms with Gasteiger partial charge in [-0.3, -0.25) is 4.79 Å². The molecule has 4 heteroatoms. The highest BCUT2D eigenvalue weighted by Crippen LogP contribution is 2.21. The van der Waals surface area contributed by atoms with E-state index in [0.717, 1.165) is 12.0 Å². The number of carbonyl (C=O) groups is 1. The number of amides is 1. The fourth-order valence-corrected chi connectivity index (χ4v) is 2.68. The zero-order chi connectivity index (χ0) is 14.5. The summed E-state index contributed by atoms with van der Waals surface area (Å²) in [4.78, 5) is 14.1. The van der Waals surface area contributed by atoms with Crippen molar-refractivity contribution in [1.29, 1.82) is 5.26 Å². The van der Waals surface area contributed by atoms with Gasteiger partial charge in [0, 0.05) is 13.7 Å². The molecule has 1 heterocycles. The summed E-state index contributed by atoms with van der Waals surface area (Å²) in [5, 5.41) is 9.29. The Labute approximate surface area is 120 Å². The summed E-state index contributed by atoms with van der Waals surface area (Å²) < 4.78 is 5.49. The van der Waals surface area contributed by atoms with E-state index >= 15 is 0 Å². The predicted molar refractivity (Wildman–Crippen MR) is 75.8 cm³/mol. The molecule has 2 rings (SSSR count). The van der Waals surface area contributed by atoms with E-state index in [1.165, 1.54) is 0 Å². The van der Waals surface area contributed by atoms with E-state index in [0.29, 0.717) is 13.0 Å². The molecule has 3 unspecified atom stereocenters. The van der Waals surface area contributed by atoms with E-state index in [1.54, 1.807) is 11.9 Å². The van der Waals surface area contributed by atoms with E-state index in [2.05, 4.69) is 6.07 Å². The lowest BCUT2D eigenvalue weighted by atomic mass is 9.98. The smallest absolute Gasteiger partial charge is 0.240 e. The molecule has 3 atom stereocenters. The second-order valence-corrected chi connectivity index (χ2v) is 5.25. The van der Waals surface area contributed by atoms with Crippen LogP contribution in [0.5, 0.6) is 0 Å². The average molecular weight is 272 g/mol. The lowest BCUT2D eigenvalue weighted by Gasteiger charge is -2.28. The van der Waals surface area contributed by atoms with Crippen LogP contribution in [0.2, 0.25) is 0 Å². The van der Waals surface area contributed by atoms with Crippen LogP contribution < -0.4 is 0 Å². The van der Waals surface area contributed by atoms with Gasteiger partial charge in [-0.15, -0.1) is 0 Å². The highest BCUT2D eigenvalue weighted by molar-refractivity contribution is 5.81. The molecule has 0 aliphatic carbocycles. The van der Waals surface area contributed by atoms with Gasteiger partial charge < -0.3 is 9.64 Å². The van der Waals surface area contributed by atoms with Crippen molar-refractivity contribution in [3.8, 4) is 6.07 Å². The Kier molecular flexibility index (Phi) is 4.75. The van der Waals surface area contributed by atoms with Crippen molar-refractivity contribution in [2.75, 3.05) is 13.7 Å². The Bertz CT molecular complexity index is 495. The number of ether oxygens (including phenoxy) is 1. The maximum absolute atomic E-state index is 12.5. The van der Waals surface area contributed by atoms with Crippen LogP contribution in [-0.4, -0.2) is 36.6 Å². The summed E-state index contributed by atoms with van der Waals surface area (Å²) in [6.45, 7) is 2.65. The quantitative estimate of drug-likeness (QED) is 0.842. The minimum atomic E-state index is -0.629. The van der Waals surface area contributed by atoms with Gasteiger partial charge in [-0.2, -0.15) is 5.26 Å². The SMILES string of the molecule is CC1OCCC1N(C)C(=O)C(C#N)Cc1ccccc1. The standard InChI is InChI=1S/C16H20N2O2/c1-12-15(8-9-20-12)18(2)16(19)14(11-17)10-13-6-4-3-5-7-13/h3-7,12,14-15H,8-10H2,1-2H3. The van der Waals surface area contributed by atoms with Crippen molar-refractivity contribution in [1.82, 2.24) is 4.90 Å². The second-order valence-electron chi connectivity index (χ2n) is 5.25. The summed E-state index contributed by atoms with van der Waals surface area (Å²) >= 11 is 0. The van der Waals surface area contributed by atoms with Gasteiger partial charge in [0.05, 0.1) is 18.2 Å². The topological polar surface area (TPSA) is 53.3 Å². The molecule has 4 nitrogen and oxygen atoms in total. The third-order valence-corrected chi connectivity index (χ3v) is 3.92. The maximum atomic E-state index is 12.5. The van der Waals surface area contributed by atoms with Crippen LogP contribution in [0.25, 0.3) is 0 Å². The Morgan fingerprint density at radius 2 is 2.20 bits per heavy atom. The molecule has 1 aliphatic rings. The number of benzene rings is 1. The van der Waals surface area contributed by atoms with Crippen molar-refractivity contribution in [2.45, 2.75) is 31.9 Å². The molecule has 1 aliphatic heterocycles. The van der Waals surface area contributed by atoms with Crippen molar-refractivity contribution in [3.05, 3.63) is 35.9 Å². The number of hydrogen-bond acceptors (Lipinski definition) is 3. The van der Waals surface area contributed by atoms with Gasteiger partial charge in [-0.25, -0.2) is 0 Å². The highest BCUT2D eigenvalue weighted by atomic mass is 16.5. The van der Waals surface area contributed by atoms with Crippen LogP contribution in [0.15, 0.2) is 30.3 Å². The van der Waals surface area contributed by atoms with E-state index in [1.807, 2.05) is 37.3 Å². The molecule has 0 radical (unpaired) electrons. The molecule has 0 aromatic heterocycles. The zero-order valence-corrected chi connectivity index (χ0v) is 12.0. The van der Waals surface area contributed by atoms with Crippen LogP contribution in [0.3, 0.4) is 0 Å². The van der Waals surface area contributed by atoms with E-state index < -0.39 is 5.92 Å². The first-order valence-electron chi connectivity index (χ1n) is 6.95. The molecule has 1 aromatic rings. The average Bonchev–Trinajstić information content (AvgIpc) is 2.90. The summed E-state index contributed by atoms with van der Waals surface area (Å²) in [5.74, 6) is -0.742. The molecular weight excluding hydrogens is 252 g/mol. The summed E-state index contributed by atoms with van der Waals surface area (Å²) in [6.07, 6.45) is 1.34. The van der Waals surface area contributed by atoms with Crippen molar-refractivity contribution >= 4 is 5.91 Å². The first kappa shape index (κ1) is 14.5. The molecular formula is C16H20N2O2. The van der Waals surface area contributed by atoms with Gasteiger partial charge >= 0.3 is 0 Å². The Balaban J connectivity index is 2.04. The molecule has 0 saturated carbocycles. The highest BCUT2D eigenvalue weighted by Gasteiger charge is 2.33. The van der Waals surface area contributed by atoms with Crippen LogP contribution in [0.1, 0.15) is 18.9 Å². The number of nitriles is 1. The number of nitrogens with zero attached hydrogens (tertiary/aromatic N) is 2. The van der Waals surface area contributed by atoms with E-state index in [4.69, 9.17) is 4.74 Å². The summed E-state index contributed by atoms with van der Waals surface area (Å²) in [6, 6.07) is 11.9. The van der Waals surface area contributed by atoms with Gasteiger partial charge in [-0.1, -0.05) is 30.3 Å². The monoisotopic (exact) mass is 272 g/mol. The van der Waals surface area contributed by atoms with Crippen LogP contribution in [0.4, 0.5) is 0 Å². The van der Waals surface area contributed by atoms with Crippen LogP contribution >= 0.6 is 0 Å².